The van der Waals surface area contributed by atoms with E-state index < -0.39 is 0 Å². The third kappa shape index (κ3) is 2.86. The third-order valence-electron chi connectivity index (χ3n) is 3.16. The van der Waals surface area contributed by atoms with E-state index in [-0.39, 0.29) is 11.7 Å². The lowest BCUT2D eigenvalue weighted by Crippen LogP contribution is -2.45. The fraction of sp³-hybridized carbons (Fsp3) is 0.286. The molecule has 0 aromatic heterocycles. The van der Waals surface area contributed by atoms with Gasteiger partial charge in [-0.15, -0.1) is 0 Å². The Morgan fingerprint density at radius 2 is 2.15 bits per heavy atom. The van der Waals surface area contributed by atoms with E-state index in [0.717, 1.165) is 36.9 Å². The number of carbonyl (C=O) groups is 1. The van der Waals surface area contributed by atoms with Gasteiger partial charge in [0, 0.05) is 26.2 Å². The maximum absolute atomic E-state index is 11.9. The average Bonchev–Trinajstić information content (AvgIpc) is 2.81. The number of phenolic OH excluding ortho intramolecular Hbond substituents is 1. The molecule has 1 amide bonds. The fourth-order valence-corrected chi connectivity index (χ4v) is 3.12. The summed E-state index contributed by atoms with van der Waals surface area (Å²) in [6.45, 7) is 3.58. The van der Waals surface area contributed by atoms with Crippen LogP contribution in [0.15, 0.2) is 34.2 Å². The summed E-state index contributed by atoms with van der Waals surface area (Å²) in [5.74, 6) is -0.00934. The Labute approximate surface area is 121 Å². The molecule has 20 heavy (non-hydrogen) atoms. The van der Waals surface area contributed by atoms with Crippen molar-refractivity contribution in [3.8, 4) is 5.75 Å². The number of piperazine rings is 1. The van der Waals surface area contributed by atoms with Gasteiger partial charge in [0.2, 0.25) is 0 Å². The van der Waals surface area contributed by atoms with Crippen molar-refractivity contribution in [3.05, 3.63) is 34.7 Å². The van der Waals surface area contributed by atoms with Crippen LogP contribution in [-0.4, -0.2) is 47.3 Å². The summed E-state index contributed by atoms with van der Waals surface area (Å²) >= 11 is 1.40. The minimum absolute atomic E-state index is 0.193. The zero-order chi connectivity index (χ0) is 13.9. The zero-order valence-corrected chi connectivity index (χ0v) is 11.7. The molecule has 0 aliphatic carbocycles. The van der Waals surface area contributed by atoms with Crippen molar-refractivity contribution in [1.29, 1.82) is 0 Å². The van der Waals surface area contributed by atoms with E-state index in [4.69, 9.17) is 0 Å². The van der Waals surface area contributed by atoms with Crippen molar-refractivity contribution in [2.45, 2.75) is 0 Å². The molecule has 0 radical (unpaired) electrons. The van der Waals surface area contributed by atoms with Gasteiger partial charge in [-0.1, -0.05) is 12.1 Å². The topological polar surface area (TPSA) is 64.9 Å². The van der Waals surface area contributed by atoms with Gasteiger partial charge in [-0.2, -0.15) is 4.99 Å². The standard InChI is InChI=1S/C14H15N3O2S/c18-11-3-1-2-10(8-11)9-12-13(19)16-14(20-12)17-6-4-15-5-7-17/h1-3,8-9,15,18H,4-7H2/b12-9-. The second-order valence-corrected chi connectivity index (χ2v) is 5.65. The number of nitrogens with zero attached hydrogens (tertiary/aromatic N) is 2. The minimum Gasteiger partial charge on any atom is -0.508 e. The molecule has 1 aromatic carbocycles. The molecule has 5 nitrogen and oxygen atoms in total. The molecule has 0 atom stereocenters. The second-order valence-electron chi connectivity index (χ2n) is 4.64. The lowest BCUT2D eigenvalue weighted by Gasteiger charge is -2.27. The molecule has 6 heteroatoms. The van der Waals surface area contributed by atoms with E-state index >= 15 is 0 Å². The number of benzene rings is 1. The van der Waals surface area contributed by atoms with Crippen LogP contribution in [-0.2, 0) is 4.79 Å². The number of aromatic hydroxyl groups is 1. The molecule has 104 valence electrons. The number of carbonyl (C=O) groups excluding carboxylic acids is 1. The highest BCUT2D eigenvalue weighted by atomic mass is 32.2. The van der Waals surface area contributed by atoms with Gasteiger partial charge in [-0.05, 0) is 35.5 Å². The average molecular weight is 289 g/mol. The summed E-state index contributed by atoms with van der Waals surface area (Å²) in [4.78, 5) is 18.8. The monoisotopic (exact) mass is 289 g/mol. The lowest BCUT2D eigenvalue weighted by molar-refractivity contribution is -0.113. The highest BCUT2D eigenvalue weighted by Gasteiger charge is 2.26. The van der Waals surface area contributed by atoms with Crippen molar-refractivity contribution in [2.24, 2.45) is 4.99 Å². The van der Waals surface area contributed by atoms with E-state index in [2.05, 4.69) is 15.2 Å². The Balaban J connectivity index is 1.76. The smallest absolute Gasteiger partial charge is 0.286 e. The van der Waals surface area contributed by atoms with Gasteiger partial charge in [0.25, 0.3) is 5.91 Å². The Hall–Kier alpha value is -1.79. The Kier molecular flexibility index (Phi) is 3.75. The van der Waals surface area contributed by atoms with Crippen LogP contribution in [0.2, 0.25) is 0 Å². The predicted octanol–water partition coefficient (Wildman–Crippen LogP) is 1.27. The molecular weight excluding hydrogens is 274 g/mol. The molecule has 2 aliphatic heterocycles. The lowest BCUT2D eigenvalue weighted by atomic mass is 10.2. The number of hydrogen-bond donors (Lipinski definition) is 2. The molecular formula is C14H15N3O2S. The van der Waals surface area contributed by atoms with Crippen LogP contribution in [0.25, 0.3) is 6.08 Å². The maximum atomic E-state index is 11.9. The van der Waals surface area contributed by atoms with E-state index in [9.17, 15) is 9.90 Å². The van der Waals surface area contributed by atoms with E-state index in [0.29, 0.717) is 4.91 Å². The maximum Gasteiger partial charge on any atom is 0.286 e. The van der Waals surface area contributed by atoms with Crippen LogP contribution < -0.4 is 5.32 Å². The quantitative estimate of drug-likeness (QED) is 0.762. The molecule has 1 aromatic rings. The number of hydrogen-bond acceptors (Lipinski definition) is 5. The predicted molar refractivity (Wildman–Crippen MR) is 80.6 cm³/mol. The van der Waals surface area contributed by atoms with Crippen molar-refractivity contribution < 1.29 is 9.90 Å². The number of rotatable bonds is 1. The molecule has 2 aliphatic rings. The number of thioether (sulfide) groups is 1. The summed E-state index contributed by atoms with van der Waals surface area (Å²) < 4.78 is 0. The van der Waals surface area contributed by atoms with Crippen molar-refractivity contribution in [2.75, 3.05) is 26.2 Å². The SMILES string of the molecule is O=C1N=C(N2CCNCC2)S/C1=C\c1cccc(O)c1. The molecule has 0 bridgehead atoms. The molecule has 3 rings (SSSR count). The molecule has 1 fully saturated rings. The molecule has 0 saturated carbocycles. The van der Waals surface area contributed by atoms with Gasteiger partial charge in [0.15, 0.2) is 5.17 Å². The Morgan fingerprint density at radius 1 is 1.35 bits per heavy atom. The van der Waals surface area contributed by atoms with Crippen molar-refractivity contribution in [3.63, 3.8) is 0 Å². The van der Waals surface area contributed by atoms with Crippen LogP contribution in [0.5, 0.6) is 5.75 Å². The van der Waals surface area contributed by atoms with E-state index in [1.165, 1.54) is 11.8 Å². The van der Waals surface area contributed by atoms with Crippen molar-refractivity contribution in [1.82, 2.24) is 10.2 Å². The van der Waals surface area contributed by atoms with Gasteiger partial charge in [0.05, 0.1) is 4.91 Å². The first-order valence-electron chi connectivity index (χ1n) is 6.50. The van der Waals surface area contributed by atoms with Gasteiger partial charge in [-0.3, -0.25) is 4.79 Å². The van der Waals surface area contributed by atoms with Crippen LogP contribution in [0.1, 0.15) is 5.56 Å². The number of phenols is 1. The summed E-state index contributed by atoms with van der Waals surface area (Å²) in [6, 6.07) is 6.84. The molecule has 1 saturated heterocycles. The zero-order valence-electron chi connectivity index (χ0n) is 10.9. The number of amides is 1. The molecule has 2 N–H and O–H groups in total. The highest BCUT2D eigenvalue weighted by molar-refractivity contribution is 8.18. The van der Waals surface area contributed by atoms with Crippen LogP contribution in [0.3, 0.4) is 0 Å². The first-order valence-corrected chi connectivity index (χ1v) is 7.31. The molecule has 0 spiro atoms. The highest BCUT2D eigenvalue weighted by Crippen LogP contribution is 2.30. The first kappa shape index (κ1) is 13.2. The largest absolute Gasteiger partial charge is 0.508 e. The van der Waals surface area contributed by atoms with E-state index in [1.54, 1.807) is 24.3 Å². The number of amidine groups is 1. The summed E-state index contributed by atoms with van der Waals surface area (Å²) in [5.41, 5.74) is 0.803. The van der Waals surface area contributed by atoms with Gasteiger partial charge in [-0.25, -0.2) is 0 Å². The summed E-state index contributed by atoms with van der Waals surface area (Å²) in [6.07, 6.45) is 1.77. The van der Waals surface area contributed by atoms with Crippen LogP contribution in [0.4, 0.5) is 0 Å². The van der Waals surface area contributed by atoms with Gasteiger partial charge < -0.3 is 15.3 Å². The molecule has 2 heterocycles. The second kappa shape index (κ2) is 5.68. The first-order chi connectivity index (χ1) is 9.72. The van der Waals surface area contributed by atoms with E-state index in [1.807, 2.05) is 6.07 Å². The summed E-state index contributed by atoms with van der Waals surface area (Å²) in [5, 5.41) is 13.5. The minimum atomic E-state index is -0.202. The Bertz CT molecular complexity index is 592. The van der Waals surface area contributed by atoms with Crippen molar-refractivity contribution >= 4 is 28.9 Å². The normalized spacial score (nSPS) is 21.4. The van der Waals surface area contributed by atoms with Gasteiger partial charge in [0.1, 0.15) is 5.75 Å². The fourth-order valence-electron chi connectivity index (χ4n) is 2.16. The number of nitrogens with one attached hydrogen (secondary N) is 1. The van der Waals surface area contributed by atoms with Crippen LogP contribution in [0, 0.1) is 0 Å². The molecule has 0 unspecified atom stereocenters. The third-order valence-corrected chi connectivity index (χ3v) is 4.21. The van der Waals surface area contributed by atoms with Crippen LogP contribution >= 0.6 is 11.8 Å². The summed E-state index contributed by atoms with van der Waals surface area (Å²) in [7, 11) is 0. The number of aliphatic imine (C=N–C) groups is 1. The Morgan fingerprint density at radius 3 is 2.90 bits per heavy atom. The van der Waals surface area contributed by atoms with Gasteiger partial charge >= 0.3 is 0 Å².